The fourth-order valence-corrected chi connectivity index (χ4v) is 5.15. The van der Waals surface area contributed by atoms with Crippen LogP contribution in [0.25, 0.3) is 11.1 Å². The zero-order valence-electron chi connectivity index (χ0n) is 26.7. The van der Waals surface area contributed by atoms with E-state index in [0.717, 1.165) is 16.7 Å². The zero-order valence-corrected chi connectivity index (χ0v) is 29.9. The standard InChI is InChI=1S/C31H46N8O5.4ClH/c32-10-2-6-25(30(43)36-13-12-34)38-28(41)18-23-15-19-4-1-5-20(14-19)21-8-9-27(40)22(16-21)17-24(35)29(42)39-26(7-3-11-33)31(44)37-23;;;;/h1,4-5,8-9,14,16,23-26,40H,2-3,6-7,10-13,15,17-18,32-35H2,(H,36,43)(H,37,44)(H,38,41)(H,39,42);4*1H/t23-,24-,25?,26-;;;;/m0..../s1. The second kappa shape index (κ2) is 24.3. The van der Waals surface area contributed by atoms with Gasteiger partial charge in [0.15, 0.2) is 0 Å². The Bertz CT molecular complexity index is 1310. The summed E-state index contributed by atoms with van der Waals surface area (Å²) >= 11 is 0. The van der Waals surface area contributed by atoms with Crippen LogP contribution in [0.5, 0.6) is 5.75 Å². The number of aromatic hydroxyl groups is 1. The lowest BCUT2D eigenvalue weighted by atomic mass is 9.95. The van der Waals surface area contributed by atoms with E-state index in [4.69, 9.17) is 22.9 Å². The number of fused-ring (bicyclic) bond motifs is 5. The molecule has 13 nitrogen and oxygen atoms in total. The molecule has 272 valence electrons. The molecule has 3 rings (SSSR count). The summed E-state index contributed by atoms with van der Waals surface area (Å²) in [5, 5.41) is 21.6. The van der Waals surface area contributed by atoms with Gasteiger partial charge in [0.1, 0.15) is 17.8 Å². The number of nitrogens with one attached hydrogen (secondary N) is 4. The average Bonchev–Trinajstić information content (AvgIpc) is 3.00. The van der Waals surface area contributed by atoms with Crippen molar-refractivity contribution in [1.29, 1.82) is 0 Å². The predicted molar refractivity (Wildman–Crippen MR) is 197 cm³/mol. The molecule has 0 fully saturated rings. The Hall–Kier alpha value is -2.88. The van der Waals surface area contributed by atoms with Gasteiger partial charge in [-0.15, -0.1) is 49.6 Å². The molecule has 0 aromatic heterocycles. The molecule has 0 radical (unpaired) electrons. The number of amides is 4. The number of phenols is 1. The number of benzene rings is 2. The minimum absolute atomic E-state index is 0. The second-order valence-corrected chi connectivity index (χ2v) is 11.1. The summed E-state index contributed by atoms with van der Waals surface area (Å²) in [6.07, 6.45) is 1.82. The fourth-order valence-electron chi connectivity index (χ4n) is 5.15. The second-order valence-electron chi connectivity index (χ2n) is 11.1. The highest BCUT2D eigenvalue weighted by atomic mass is 35.5. The monoisotopic (exact) mass is 754 g/mol. The molecule has 17 heteroatoms. The lowest BCUT2D eigenvalue weighted by Gasteiger charge is -2.25. The third-order valence-corrected chi connectivity index (χ3v) is 7.50. The largest absolute Gasteiger partial charge is 0.508 e. The summed E-state index contributed by atoms with van der Waals surface area (Å²) < 4.78 is 0. The van der Waals surface area contributed by atoms with Gasteiger partial charge in [-0.1, -0.05) is 30.3 Å². The van der Waals surface area contributed by atoms with Crippen LogP contribution >= 0.6 is 49.6 Å². The summed E-state index contributed by atoms with van der Waals surface area (Å²) in [5.41, 5.74) is 26.1. The molecule has 4 atom stereocenters. The Labute approximate surface area is 306 Å². The van der Waals surface area contributed by atoms with Crippen molar-refractivity contribution in [3.8, 4) is 16.9 Å². The lowest BCUT2D eigenvalue weighted by molar-refractivity contribution is -0.131. The number of carbonyl (C=O) groups is 4. The van der Waals surface area contributed by atoms with Gasteiger partial charge >= 0.3 is 0 Å². The Morgan fingerprint density at radius 2 is 1.56 bits per heavy atom. The Morgan fingerprint density at radius 3 is 2.23 bits per heavy atom. The smallest absolute Gasteiger partial charge is 0.242 e. The average molecular weight is 757 g/mol. The van der Waals surface area contributed by atoms with Gasteiger partial charge < -0.3 is 49.3 Å². The van der Waals surface area contributed by atoms with Crippen molar-refractivity contribution in [2.24, 2.45) is 22.9 Å². The third kappa shape index (κ3) is 14.7. The van der Waals surface area contributed by atoms with Crippen molar-refractivity contribution in [3.05, 3.63) is 53.6 Å². The molecule has 1 unspecified atom stereocenters. The first-order valence-electron chi connectivity index (χ1n) is 15.1. The zero-order chi connectivity index (χ0) is 32.1. The number of phenolic OH excluding ortho intramolecular Hbond substituents is 1. The van der Waals surface area contributed by atoms with Gasteiger partial charge in [-0.3, -0.25) is 19.2 Å². The van der Waals surface area contributed by atoms with Gasteiger partial charge in [-0.2, -0.15) is 0 Å². The van der Waals surface area contributed by atoms with Crippen molar-refractivity contribution in [2.75, 3.05) is 26.2 Å². The Balaban J connectivity index is 0. The minimum Gasteiger partial charge on any atom is -0.508 e. The van der Waals surface area contributed by atoms with E-state index in [1.807, 2.05) is 24.3 Å². The third-order valence-electron chi connectivity index (χ3n) is 7.50. The first kappa shape index (κ1) is 47.2. The van der Waals surface area contributed by atoms with Gasteiger partial charge in [0, 0.05) is 32.0 Å². The van der Waals surface area contributed by atoms with E-state index in [0.29, 0.717) is 44.3 Å². The molecule has 1 heterocycles. The van der Waals surface area contributed by atoms with Gasteiger partial charge in [0.2, 0.25) is 23.6 Å². The van der Waals surface area contributed by atoms with Crippen molar-refractivity contribution in [1.82, 2.24) is 21.3 Å². The van der Waals surface area contributed by atoms with Crippen LogP contribution in [0.15, 0.2) is 42.5 Å². The quantitative estimate of drug-likeness (QED) is 0.147. The first-order valence-corrected chi connectivity index (χ1v) is 15.1. The molecule has 1 aliphatic heterocycles. The minimum atomic E-state index is -1.03. The van der Waals surface area contributed by atoms with Crippen LogP contribution in [0, 0.1) is 0 Å². The summed E-state index contributed by atoms with van der Waals surface area (Å²) in [6.45, 7) is 1.19. The van der Waals surface area contributed by atoms with Gasteiger partial charge in [-0.05, 0) is 79.6 Å². The topological polar surface area (TPSA) is 241 Å². The number of nitrogens with two attached hydrogens (primary N) is 4. The van der Waals surface area contributed by atoms with Gasteiger partial charge in [-0.25, -0.2) is 0 Å². The highest BCUT2D eigenvalue weighted by molar-refractivity contribution is 5.91. The normalized spacial score (nSPS) is 17.9. The summed E-state index contributed by atoms with van der Waals surface area (Å²) in [4.78, 5) is 52.6. The number of hydrogen-bond donors (Lipinski definition) is 9. The molecule has 13 N–H and O–H groups in total. The molecule has 0 aliphatic carbocycles. The summed E-state index contributed by atoms with van der Waals surface area (Å²) in [6, 6.07) is 9.30. The maximum absolute atomic E-state index is 13.6. The predicted octanol–water partition coefficient (Wildman–Crippen LogP) is 0.570. The van der Waals surface area contributed by atoms with Crippen LogP contribution in [0.3, 0.4) is 0 Å². The molecule has 1 aliphatic rings. The van der Waals surface area contributed by atoms with E-state index < -0.39 is 41.9 Å². The number of carbonyl (C=O) groups excluding carboxylic acids is 4. The molecule has 4 bridgehead atoms. The van der Waals surface area contributed by atoms with Crippen LogP contribution in [0.1, 0.15) is 43.2 Å². The molecule has 0 saturated carbocycles. The van der Waals surface area contributed by atoms with Crippen molar-refractivity contribution in [3.63, 3.8) is 0 Å². The van der Waals surface area contributed by atoms with Crippen molar-refractivity contribution in [2.45, 2.75) is 69.1 Å². The molecule has 0 saturated heterocycles. The van der Waals surface area contributed by atoms with E-state index in [1.165, 1.54) is 0 Å². The van der Waals surface area contributed by atoms with Crippen molar-refractivity contribution >= 4 is 73.3 Å². The number of halogens is 4. The molecular formula is C31H50Cl4N8O5. The van der Waals surface area contributed by atoms with Crippen LogP contribution in [-0.4, -0.2) is 79.1 Å². The van der Waals surface area contributed by atoms with E-state index >= 15 is 0 Å². The first-order chi connectivity index (χ1) is 21.1. The summed E-state index contributed by atoms with van der Waals surface area (Å²) in [5.74, 6) is -1.80. The molecule has 0 spiro atoms. The molecule has 48 heavy (non-hydrogen) atoms. The highest BCUT2D eigenvalue weighted by Crippen LogP contribution is 2.28. The molecule has 4 amide bonds. The van der Waals surface area contributed by atoms with Gasteiger partial charge in [0.25, 0.3) is 0 Å². The van der Waals surface area contributed by atoms with E-state index in [9.17, 15) is 24.3 Å². The van der Waals surface area contributed by atoms with Crippen molar-refractivity contribution < 1.29 is 24.3 Å². The number of rotatable bonds is 12. The van der Waals surface area contributed by atoms with E-state index in [1.54, 1.807) is 18.2 Å². The summed E-state index contributed by atoms with van der Waals surface area (Å²) in [7, 11) is 0. The molecule has 2 aromatic carbocycles. The maximum Gasteiger partial charge on any atom is 0.242 e. The molecule has 2 aromatic rings. The van der Waals surface area contributed by atoms with E-state index in [-0.39, 0.29) is 93.6 Å². The lowest BCUT2D eigenvalue weighted by Crippen LogP contribution is -2.55. The number of hydrogen-bond acceptors (Lipinski definition) is 9. The van der Waals surface area contributed by atoms with Crippen LogP contribution in [0.4, 0.5) is 0 Å². The van der Waals surface area contributed by atoms with Gasteiger partial charge in [0.05, 0.1) is 6.04 Å². The molecular weight excluding hydrogens is 706 g/mol. The SMILES string of the molecule is Cl.Cl.Cl.Cl.NCCCC(NC(=O)C[C@@H]1Cc2cccc(c2)-c2ccc(O)c(c2)C[C@H](N)C(=O)N[C@@H](CCCN)C(=O)N1)C(=O)NCCN. The fraction of sp³-hybridized carbons (Fsp3) is 0.484. The van der Waals surface area contributed by atoms with E-state index in [2.05, 4.69) is 21.3 Å². The van der Waals surface area contributed by atoms with Crippen LogP contribution < -0.4 is 44.2 Å². The highest BCUT2D eigenvalue weighted by Gasteiger charge is 2.28. The Kier molecular flexibility index (Phi) is 23.9. The Morgan fingerprint density at radius 1 is 0.875 bits per heavy atom. The van der Waals surface area contributed by atoms with Crippen LogP contribution in [0.2, 0.25) is 0 Å². The van der Waals surface area contributed by atoms with Crippen LogP contribution in [-0.2, 0) is 32.0 Å². The maximum atomic E-state index is 13.6.